The van der Waals surface area contributed by atoms with Crippen LogP contribution in [0.1, 0.15) is 38.8 Å². The molecule has 3 heterocycles. The van der Waals surface area contributed by atoms with Gasteiger partial charge in [-0.1, -0.05) is 36.4 Å². The van der Waals surface area contributed by atoms with E-state index in [0.29, 0.717) is 16.2 Å². The Kier molecular flexibility index (Phi) is 6.40. The Morgan fingerprint density at radius 3 is 2.18 bits per heavy atom. The van der Waals surface area contributed by atoms with Crippen LogP contribution in [0.15, 0.2) is 83.0 Å². The average Bonchev–Trinajstić information content (AvgIpc) is 3.43. The number of methoxy groups -OCH3 is 2. The molecule has 192 valence electrons. The normalized spacial score (nSPS) is 20.1. The van der Waals surface area contributed by atoms with Gasteiger partial charge in [0.2, 0.25) is 5.12 Å². The third-order valence-electron chi connectivity index (χ3n) is 6.99. The number of pyridine rings is 1. The number of carbonyl (C=O) groups is 4. The number of ether oxygens (including phenoxy) is 2. The van der Waals surface area contributed by atoms with Crippen molar-refractivity contribution in [1.29, 1.82) is 0 Å². The highest BCUT2D eigenvalue weighted by Crippen LogP contribution is 2.63. The van der Waals surface area contributed by atoms with Gasteiger partial charge in [0.05, 0.1) is 25.5 Å². The maximum absolute atomic E-state index is 14.3. The number of hydrogen-bond acceptors (Lipinski definition) is 8. The number of carbonyl (C=O) groups excluding carboxylic acids is 4. The summed E-state index contributed by atoms with van der Waals surface area (Å²) in [5, 5.41) is -0.411. The minimum absolute atomic E-state index is 0.239. The fourth-order valence-corrected chi connectivity index (χ4v) is 6.73. The SMILES string of the molecule is COC(=O)C1=C(C(=O)OC)C2(C(=O)Sc3c(C)ccc(C)c32)C(c2ccccn2)N1C(=O)c1ccccc1. The number of benzene rings is 2. The van der Waals surface area contributed by atoms with E-state index in [9.17, 15) is 19.2 Å². The van der Waals surface area contributed by atoms with Gasteiger partial charge in [-0.2, -0.15) is 0 Å². The van der Waals surface area contributed by atoms with E-state index < -0.39 is 34.4 Å². The zero-order valence-corrected chi connectivity index (χ0v) is 22.0. The lowest BCUT2D eigenvalue weighted by Crippen LogP contribution is -2.45. The molecule has 1 spiro atoms. The zero-order valence-electron chi connectivity index (χ0n) is 21.2. The fourth-order valence-electron chi connectivity index (χ4n) is 5.41. The molecule has 8 nitrogen and oxygen atoms in total. The van der Waals surface area contributed by atoms with E-state index in [4.69, 9.17) is 9.47 Å². The molecule has 2 unspecified atom stereocenters. The Balaban J connectivity index is 1.97. The van der Waals surface area contributed by atoms with E-state index in [2.05, 4.69) is 4.98 Å². The third-order valence-corrected chi connectivity index (χ3v) is 8.23. The lowest BCUT2D eigenvalue weighted by Gasteiger charge is -2.36. The molecule has 0 bridgehead atoms. The third kappa shape index (κ3) is 3.49. The molecule has 5 rings (SSSR count). The molecule has 1 amide bonds. The van der Waals surface area contributed by atoms with Crippen molar-refractivity contribution in [2.75, 3.05) is 14.2 Å². The van der Waals surface area contributed by atoms with Gasteiger partial charge in [0.1, 0.15) is 17.2 Å². The number of fused-ring (bicyclic) bond motifs is 2. The highest BCUT2D eigenvalue weighted by Gasteiger charge is 2.68. The lowest BCUT2D eigenvalue weighted by molar-refractivity contribution is -0.140. The number of esters is 2. The number of hydrogen-bond donors (Lipinski definition) is 0. The molecule has 9 heteroatoms. The van der Waals surface area contributed by atoms with Gasteiger partial charge in [-0.3, -0.25) is 19.5 Å². The van der Waals surface area contributed by atoms with Crippen LogP contribution in [0, 0.1) is 13.8 Å². The van der Waals surface area contributed by atoms with E-state index in [1.54, 1.807) is 54.7 Å². The molecular weight excluding hydrogens is 504 g/mol. The molecule has 2 aliphatic heterocycles. The topological polar surface area (TPSA) is 103 Å². The molecule has 2 aromatic carbocycles. The van der Waals surface area contributed by atoms with Gasteiger partial charge in [0, 0.05) is 16.7 Å². The number of nitrogens with zero attached hydrogens (tertiary/aromatic N) is 2. The Morgan fingerprint density at radius 2 is 1.55 bits per heavy atom. The van der Waals surface area contributed by atoms with Crippen molar-refractivity contribution in [2.24, 2.45) is 0 Å². The molecule has 38 heavy (non-hydrogen) atoms. The van der Waals surface area contributed by atoms with Crippen LogP contribution in [0.3, 0.4) is 0 Å². The van der Waals surface area contributed by atoms with E-state index in [1.807, 2.05) is 26.0 Å². The first-order valence-corrected chi connectivity index (χ1v) is 12.6. The minimum Gasteiger partial charge on any atom is -0.466 e. The zero-order chi connectivity index (χ0) is 27.2. The minimum atomic E-state index is -1.77. The van der Waals surface area contributed by atoms with Gasteiger partial charge in [-0.15, -0.1) is 0 Å². The van der Waals surface area contributed by atoms with Gasteiger partial charge in [0.15, 0.2) is 0 Å². The summed E-state index contributed by atoms with van der Waals surface area (Å²) < 4.78 is 10.3. The molecule has 0 radical (unpaired) electrons. The van der Waals surface area contributed by atoms with Crippen molar-refractivity contribution in [3.8, 4) is 0 Å². The second-order valence-electron chi connectivity index (χ2n) is 9.01. The summed E-state index contributed by atoms with van der Waals surface area (Å²) >= 11 is 0.990. The molecule has 0 aliphatic carbocycles. The largest absolute Gasteiger partial charge is 0.466 e. The summed E-state index contributed by atoms with van der Waals surface area (Å²) in [4.78, 5) is 62.0. The molecule has 0 fully saturated rings. The summed E-state index contributed by atoms with van der Waals surface area (Å²) in [5.41, 5.74) is 0.347. The van der Waals surface area contributed by atoms with Crippen molar-refractivity contribution >= 4 is 34.7 Å². The fraction of sp³-hybridized carbons (Fsp3) is 0.207. The van der Waals surface area contributed by atoms with Gasteiger partial charge < -0.3 is 9.47 Å². The molecule has 1 aromatic heterocycles. The van der Waals surface area contributed by atoms with Crippen LogP contribution in [0.4, 0.5) is 0 Å². The van der Waals surface area contributed by atoms with Gasteiger partial charge >= 0.3 is 11.9 Å². The second kappa shape index (κ2) is 9.57. The summed E-state index contributed by atoms with van der Waals surface area (Å²) in [5.74, 6) is -2.43. The highest BCUT2D eigenvalue weighted by molar-refractivity contribution is 8.14. The number of aromatic nitrogens is 1. The van der Waals surface area contributed by atoms with Crippen molar-refractivity contribution in [2.45, 2.75) is 30.2 Å². The molecule has 0 saturated carbocycles. The lowest BCUT2D eigenvalue weighted by atomic mass is 9.68. The van der Waals surface area contributed by atoms with Crippen molar-refractivity contribution in [3.05, 3.63) is 106 Å². The van der Waals surface area contributed by atoms with Crippen molar-refractivity contribution in [3.63, 3.8) is 0 Å². The number of amides is 1. The van der Waals surface area contributed by atoms with Crippen LogP contribution >= 0.6 is 11.8 Å². The first-order valence-electron chi connectivity index (χ1n) is 11.8. The van der Waals surface area contributed by atoms with Gasteiger partial charge in [0.25, 0.3) is 5.91 Å². The Morgan fingerprint density at radius 1 is 0.895 bits per heavy atom. The van der Waals surface area contributed by atoms with Crippen LogP contribution in [-0.4, -0.2) is 47.1 Å². The number of aryl methyl sites for hydroxylation is 2. The van der Waals surface area contributed by atoms with Crippen molar-refractivity contribution < 1.29 is 28.7 Å². The monoisotopic (exact) mass is 528 g/mol. The Bertz CT molecular complexity index is 1520. The summed E-state index contributed by atoms with van der Waals surface area (Å²) in [6, 6.07) is 16.0. The Hall–Kier alpha value is -4.24. The highest BCUT2D eigenvalue weighted by atomic mass is 32.2. The first kappa shape index (κ1) is 25.4. The molecule has 2 aliphatic rings. The van der Waals surface area contributed by atoms with Crippen LogP contribution in [-0.2, 0) is 29.3 Å². The maximum Gasteiger partial charge on any atom is 0.355 e. The quantitative estimate of drug-likeness (QED) is 0.467. The van der Waals surface area contributed by atoms with E-state index in [0.717, 1.165) is 30.0 Å². The van der Waals surface area contributed by atoms with Gasteiger partial charge in [-0.05, 0) is 66.6 Å². The maximum atomic E-state index is 14.3. The number of rotatable bonds is 4. The van der Waals surface area contributed by atoms with Gasteiger partial charge in [-0.25, -0.2) is 9.59 Å². The van der Waals surface area contributed by atoms with Crippen molar-refractivity contribution in [1.82, 2.24) is 9.88 Å². The standard InChI is InChI=1S/C29H24N2O6S/c1-16-13-14-17(2)23-20(16)29(28(35)38-23)21(26(33)36-3)22(27(34)37-4)31(24(29)19-12-8-9-15-30-19)25(32)18-10-6-5-7-11-18/h5-15,24H,1-4H3. The summed E-state index contributed by atoms with van der Waals surface area (Å²) in [6.07, 6.45) is 1.54. The predicted molar refractivity (Wildman–Crippen MR) is 139 cm³/mol. The summed E-state index contributed by atoms with van der Waals surface area (Å²) in [7, 11) is 2.33. The molecular formula is C29H24N2O6S. The average molecular weight is 529 g/mol. The van der Waals surface area contributed by atoms with E-state index >= 15 is 0 Å². The smallest absolute Gasteiger partial charge is 0.355 e. The molecule has 0 saturated heterocycles. The van der Waals surface area contributed by atoms with Crippen LogP contribution < -0.4 is 0 Å². The molecule has 0 N–H and O–H groups in total. The van der Waals surface area contributed by atoms with Crippen LogP contribution in [0.25, 0.3) is 0 Å². The summed E-state index contributed by atoms with van der Waals surface area (Å²) in [6.45, 7) is 3.71. The van der Waals surface area contributed by atoms with Crippen LogP contribution in [0.2, 0.25) is 0 Å². The second-order valence-corrected chi connectivity index (χ2v) is 9.99. The van der Waals surface area contributed by atoms with E-state index in [1.165, 1.54) is 12.0 Å². The first-order chi connectivity index (χ1) is 18.3. The molecule has 2 atom stereocenters. The van der Waals surface area contributed by atoms with Crippen LogP contribution in [0.5, 0.6) is 0 Å². The molecule has 3 aromatic rings. The predicted octanol–water partition coefficient (Wildman–Crippen LogP) is 4.07. The number of thioether (sulfide) groups is 1. The Labute approximate surface area is 223 Å². The van der Waals surface area contributed by atoms with E-state index in [-0.39, 0.29) is 16.8 Å².